The van der Waals surface area contributed by atoms with Gasteiger partial charge in [-0.25, -0.2) is 9.18 Å². The second-order valence-corrected chi connectivity index (χ2v) is 5.52. The minimum atomic E-state index is -0.650. The molecule has 2 aromatic rings. The summed E-state index contributed by atoms with van der Waals surface area (Å²) in [7, 11) is 0. The lowest BCUT2D eigenvalue weighted by Crippen LogP contribution is -2.30. The predicted molar refractivity (Wildman–Crippen MR) is 79.9 cm³/mol. The van der Waals surface area contributed by atoms with E-state index in [0.29, 0.717) is 22.8 Å². The molecule has 7 nitrogen and oxygen atoms in total. The van der Waals surface area contributed by atoms with Crippen LogP contribution in [-0.2, 0) is 9.53 Å². The lowest BCUT2D eigenvalue weighted by Gasteiger charge is -2.27. The van der Waals surface area contributed by atoms with Gasteiger partial charge in [0.25, 0.3) is 0 Å². The van der Waals surface area contributed by atoms with Gasteiger partial charge in [0.1, 0.15) is 11.9 Å². The lowest BCUT2D eigenvalue weighted by atomic mass is 9.95. The number of carbonyl (C=O) groups excluding carboxylic acids is 1. The van der Waals surface area contributed by atoms with Crippen LogP contribution in [0.1, 0.15) is 32.4 Å². The number of nitrogens with zero attached hydrogens (tertiary/aromatic N) is 4. The summed E-state index contributed by atoms with van der Waals surface area (Å²) in [5, 5.41) is 14.4. The zero-order valence-electron chi connectivity index (χ0n) is 12.9. The Bertz CT molecular complexity index is 784. The quantitative estimate of drug-likeness (QED) is 0.873. The number of halogens is 1. The molecule has 1 aromatic heterocycles. The fourth-order valence-corrected chi connectivity index (χ4v) is 2.54. The molecular formula is C15H16FN5O2. The van der Waals surface area contributed by atoms with Gasteiger partial charge in [0.05, 0.1) is 11.7 Å². The molecule has 1 N–H and O–H groups in total. The van der Waals surface area contributed by atoms with Crippen molar-refractivity contribution in [1.29, 1.82) is 0 Å². The van der Waals surface area contributed by atoms with E-state index in [9.17, 15) is 9.18 Å². The van der Waals surface area contributed by atoms with Crippen molar-refractivity contribution < 1.29 is 13.9 Å². The number of allylic oxidation sites excluding steroid dienone is 1. The highest BCUT2D eigenvalue weighted by Crippen LogP contribution is 2.35. The second-order valence-electron chi connectivity index (χ2n) is 5.52. The van der Waals surface area contributed by atoms with Crippen molar-refractivity contribution in [3.63, 3.8) is 0 Å². The molecule has 0 aliphatic carbocycles. The molecule has 0 saturated heterocycles. The summed E-state index contributed by atoms with van der Waals surface area (Å²) < 4.78 is 20.4. The molecule has 8 heteroatoms. The van der Waals surface area contributed by atoms with Crippen LogP contribution in [0, 0.1) is 5.82 Å². The van der Waals surface area contributed by atoms with Crippen molar-refractivity contribution in [2.45, 2.75) is 32.9 Å². The first-order chi connectivity index (χ1) is 11.0. The van der Waals surface area contributed by atoms with E-state index in [1.54, 1.807) is 32.9 Å². The van der Waals surface area contributed by atoms with E-state index in [1.165, 1.54) is 16.8 Å². The minimum absolute atomic E-state index is 0.272. The van der Waals surface area contributed by atoms with Crippen LogP contribution in [0.4, 0.5) is 10.3 Å². The summed E-state index contributed by atoms with van der Waals surface area (Å²) >= 11 is 0. The molecule has 0 radical (unpaired) electrons. The number of aromatic nitrogens is 4. The Morgan fingerprint density at radius 3 is 2.91 bits per heavy atom. The Labute approximate surface area is 132 Å². The van der Waals surface area contributed by atoms with Gasteiger partial charge in [0.15, 0.2) is 0 Å². The van der Waals surface area contributed by atoms with Gasteiger partial charge >= 0.3 is 5.97 Å². The number of hydrogen-bond acceptors (Lipinski definition) is 6. The number of nitrogens with one attached hydrogen (secondary N) is 1. The zero-order valence-corrected chi connectivity index (χ0v) is 12.9. The van der Waals surface area contributed by atoms with Crippen LogP contribution < -0.4 is 5.32 Å². The van der Waals surface area contributed by atoms with Gasteiger partial charge in [0, 0.05) is 5.70 Å². The number of tetrazole rings is 1. The van der Waals surface area contributed by atoms with Gasteiger partial charge in [0.2, 0.25) is 5.95 Å². The van der Waals surface area contributed by atoms with E-state index >= 15 is 0 Å². The Balaban J connectivity index is 2.13. The molecule has 0 amide bonds. The molecule has 3 rings (SSSR count). The molecule has 1 atom stereocenters. The summed E-state index contributed by atoms with van der Waals surface area (Å²) in [4.78, 5) is 12.5. The molecular weight excluding hydrogens is 301 g/mol. The van der Waals surface area contributed by atoms with E-state index in [4.69, 9.17) is 4.74 Å². The first-order valence-electron chi connectivity index (χ1n) is 7.19. The molecule has 0 bridgehead atoms. The molecule has 0 saturated carbocycles. The van der Waals surface area contributed by atoms with Gasteiger partial charge < -0.3 is 10.1 Å². The van der Waals surface area contributed by atoms with E-state index in [-0.39, 0.29) is 6.10 Å². The monoisotopic (exact) mass is 317 g/mol. The number of esters is 1. The number of ether oxygens (including phenoxy) is 1. The lowest BCUT2D eigenvalue weighted by molar-refractivity contribution is -0.143. The summed E-state index contributed by atoms with van der Waals surface area (Å²) in [6.07, 6.45) is -0.272. The van der Waals surface area contributed by atoms with E-state index in [2.05, 4.69) is 20.8 Å². The van der Waals surface area contributed by atoms with Crippen LogP contribution in [0.3, 0.4) is 0 Å². The van der Waals surface area contributed by atoms with Crippen molar-refractivity contribution in [2.75, 3.05) is 5.32 Å². The normalized spacial score (nSPS) is 17.0. The summed E-state index contributed by atoms with van der Waals surface area (Å²) in [6.45, 7) is 5.27. The molecule has 1 aliphatic rings. The highest BCUT2D eigenvalue weighted by atomic mass is 19.1. The van der Waals surface area contributed by atoms with Crippen LogP contribution in [0.5, 0.6) is 0 Å². The van der Waals surface area contributed by atoms with Crippen LogP contribution in [0.15, 0.2) is 35.5 Å². The molecule has 0 unspecified atom stereocenters. The fourth-order valence-electron chi connectivity index (χ4n) is 2.54. The fraction of sp³-hybridized carbons (Fsp3) is 0.333. The van der Waals surface area contributed by atoms with Crippen LogP contribution in [0.25, 0.3) is 0 Å². The van der Waals surface area contributed by atoms with Crippen molar-refractivity contribution in [2.24, 2.45) is 0 Å². The molecule has 2 heterocycles. The zero-order chi connectivity index (χ0) is 16.6. The third kappa shape index (κ3) is 2.79. The van der Waals surface area contributed by atoms with Gasteiger partial charge in [-0.2, -0.15) is 4.68 Å². The van der Waals surface area contributed by atoms with Crippen LogP contribution in [-0.4, -0.2) is 32.3 Å². The Kier molecular flexibility index (Phi) is 3.81. The summed E-state index contributed by atoms with van der Waals surface area (Å²) in [5.41, 5.74) is 1.49. The number of anilines is 1. The first-order valence-corrected chi connectivity index (χ1v) is 7.19. The van der Waals surface area contributed by atoms with Gasteiger partial charge in [-0.15, -0.1) is 0 Å². The summed E-state index contributed by atoms with van der Waals surface area (Å²) in [5.74, 6) is -0.497. The number of benzene rings is 1. The van der Waals surface area contributed by atoms with E-state index in [0.717, 1.165) is 0 Å². The molecule has 0 fully saturated rings. The third-order valence-electron chi connectivity index (χ3n) is 3.44. The van der Waals surface area contributed by atoms with E-state index in [1.807, 2.05) is 0 Å². The Morgan fingerprint density at radius 2 is 2.22 bits per heavy atom. The topological polar surface area (TPSA) is 81.9 Å². The molecule has 1 aliphatic heterocycles. The highest BCUT2D eigenvalue weighted by molar-refractivity contribution is 5.92. The maximum Gasteiger partial charge on any atom is 0.338 e. The smallest absolute Gasteiger partial charge is 0.338 e. The average molecular weight is 317 g/mol. The number of fused-ring (bicyclic) bond motifs is 1. The maximum absolute atomic E-state index is 13.7. The van der Waals surface area contributed by atoms with Crippen LogP contribution in [0.2, 0.25) is 0 Å². The molecule has 0 spiro atoms. The third-order valence-corrected chi connectivity index (χ3v) is 3.44. The highest BCUT2D eigenvalue weighted by Gasteiger charge is 2.35. The molecule has 120 valence electrons. The first kappa shape index (κ1) is 15.1. The number of hydrogen-bond donors (Lipinski definition) is 1. The molecule has 1 aromatic carbocycles. The van der Waals surface area contributed by atoms with Crippen molar-refractivity contribution >= 4 is 11.9 Å². The predicted octanol–water partition coefficient (Wildman–Crippen LogP) is 2.05. The average Bonchev–Trinajstić information content (AvgIpc) is 2.92. The van der Waals surface area contributed by atoms with Crippen molar-refractivity contribution in [3.05, 3.63) is 46.9 Å². The van der Waals surface area contributed by atoms with Gasteiger partial charge in [-0.1, -0.05) is 17.2 Å². The van der Waals surface area contributed by atoms with Crippen LogP contribution >= 0.6 is 0 Å². The van der Waals surface area contributed by atoms with E-state index < -0.39 is 17.8 Å². The van der Waals surface area contributed by atoms with Gasteiger partial charge in [-0.3, -0.25) is 0 Å². The number of rotatable bonds is 3. The minimum Gasteiger partial charge on any atom is -0.459 e. The molecule has 23 heavy (non-hydrogen) atoms. The van der Waals surface area contributed by atoms with Crippen molar-refractivity contribution in [3.8, 4) is 0 Å². The SMILES string of the molecule is CC1=C(C(=O)OC(C)C)[C@H](c2cccc(F)c2)n2nnnc2N1. The summed E-state index contributed by atoms with van der Waals surface area (Å²) in [6, 6.07) is 5.35. The number of carbonyl (C=O) groups is 1. The Morgan fingerprint density at radius 1 is 1.43 bits per heavy atom. The largest absolute Gasteiger partial charge is 0.459 e. The Hall–Kier alpha value is -2.77. The maximum atomic E-state index is 13.7. The van der Waals surface area contributed by atoms with Gasteiger partial charge in [-0.05, 0) is 48.9 Å². The second kappa shape index (κ2) is 5.79. The van der Waals surface area contributed by atoms with Crippen molar-refractivity contribution in [1.82, 2.24) is 20.2 Å². The standard InChI is InChI=1S/C15H16FN5O2/c1-8(2)23-14(22)12-9(3)17-15-18-19-20-21(15)13(12)10-5-4-6-11(16)7-10/h4-8,13H,1-3H3,(H,17,18,20)/t13-/m0/s1.